The summed E-state index contributed by atoms with van der Waals surface area (Å²) < 4.78 is 0. The third kappa shape index (κ3) is 2.01. The molecule has 3 heteroatoms. The Kier molecular flexibility index (Phi) is 3.37. The first-order chi connectivity index (χ1) is 8.36. The second-order valence-electron chi connectivity index (χ2n) is 6.01. The van der Waals surface area contributed by atoms with Crippen molar-refractivity contribution in [2.45, 2.75) is 46.1 Å². The lowest BCUT2D eigenvalue weighted by Crippen LogP contribution is -2.47. The van der Waals surface area contributed by atoms with Crippen LogP contribution in [0.2, 0.25) is 0 Å². The number of aliphatic hydroxyl groups excluding tert-OH is 1. The first-order valence-electron chi connectivity index (χ1n) is 6.62. The van der Waals surface area contributed by atoms with Crippen molar-refractivity contribution >= 4 is 5.97 Å². The van der Waals surface area contributed by atoms with Crippen molar-refractivity contribution in [1.82, 2.24) is 0 Å². The average molecular weight is 250 g/mol. The van der Waals surface area contributed by atoms with Crippen molar-refractivity contribution in [2.75, 3.05) is 0 Å². The summed E-state index contributed by atoms with van der Waals surface area (Å²) in [7, 11) is 0. The highest BCUT2D eigenvalue weighted by molar-refractivity contribution is 5.71. The van der Waals surface area contributed by atoms with E-state index in [2.05, 4.69) is 19.1 Å². The van der Waals surface area contributed by atoms with E-state index in [1.165, 1.54) is 5.57 Å². The third-order valence-corrected chi connectivity index (χ3v) is 4.92. The van der Waals surface area contributed by atoms with Crippen LogP contribution in [0, 0.1) is 17.3 Å². The number of hydrogen-bond donors (Lipinski definition) is 2. The number of rotatable bonds is 1. The monoisotopic (exact) mass is 250 g/mol. The predicted molar refractivity (Wildman–Crippen MR) is 70.1 cm³/mol. The standard InChI is InChI=1S/C15H22O3/c1-9-6-7-15(3)12(8-10(9)2)11(14(17)18)4-5-13(15)16/h6,8,11-13,16H,4-5,7H2,1-3H3,(H,17,18)/t11-,12-,13-,15+/m0/s1. The van der Waals surface area contributed by atoms with Crippen LogP contribution in [0.5, 0.6) is 0 Å². The molecule has 1 fully saturated rings. The van der Waals surface area contributed by atoms with Crippen molar-refractivity contribution < 1.29 is 15.0 Å². The van der Waals surface area contributed by atoms with Gasteiger partial charge in [0.25, 0.3) is 0 Å². The van der Waals surface area contributed by atoms with Gasteiger partial charge in [-0.15, -0.1) is 0 Å². The van der Waals surface area contributed by atoms with E-state index in [0.717, 1.165) is 12.0 Å². The zero-order valence-corrected chi connectivity index (χ0v) is 11.3. The fourth-order valence-electron chi connectivity index (χ4n) is 3.32. The minimum absolute atomic E-state index is 0.0764. The lowest BCUT2D eigenvalue weighted by atomic mass is 9.59. The largest absolute Gasteiger partial charge is 0.481 e. The summed E-state index contributed by atoms with van der Waals surface area (Å²) >= 11 is 0. The average Bonchev–Trinajstić information content (AvgIpc) is 2.42. The molecule has 0 radical (unpaired) electrons. The first kappa shape index (κ1) is 13.3. The molecule has 3 nitrogen and oxygen atoms in total. The Hall–Kier alpha value is -1.09. The summed E-state index contributed by atoms with van der Waals surface area (Å²) in [5, 5.41) is 19.7. The molecule has 2 aliphatic rings. The number of carboxylic acid groups (broad SMARTS) is 1. The molecule has 0 unspecified atom stereocenters. The molecule has 0 aliphatic heterocycles. The van der Waals surface area contributed by atoms with Crippen molar-refractivity contribution in [3.8, 4) is 0 Å². The molecule has 0 aromatic rings. The SMILES string of the molecule is CC1=CC[C@@]2(C)[C@@H](O)CC[C@H](C(=O)O)[C@@H]2C=C1C. The summed E-state index contributed by atoms with van der Waals surface area (Å²) in [6.45, 7) is 6.10. The zero-order valence-electron chi connectivity index (χ0n) is 11.3. The van der Waals surface area contributed by atoms with Crippen molar-refractivity contribution in [3.05, 3.63) is 23.3 Å². The summed E-state index contributed by atoms with van der Waals surface area (Å²) in [5.74, 6) is -1.18. The summed E-state index contributed by atoms with van der Waals surface area (Å²) in [6, 6.07) is 0. The van der Waals surface area contributed by atoms with Gasteiger partial charge in [0.2, 0.25) is 0 Å². The maximum absolute atomic E-state index is 11.4. The Morgan fingerprint density at radius 3 is 2.61 bits per heavy atom. The van der Waals surface area contributed by atoms with E-state index < -0.39 is 12.1 Å². The molecule has 100 valence electrons. The van der Waals surface area contributed by atoms with Crippen LogP contribution in [0.4, 0.5) is 0 Å². The van der Waals surface area contributed by atoms with Crippen molar-refractivity contribution in [3.63, 3.8) is 0 Å². The molecule has 0 amide bonds. The van der Waals surface area contributed by atoms with Gasteiger partial charge in [0.1, 0.15) is 0 Å². The van der Waals surface area contributed by atoms with Gasteiger partial charge in [-0.3, -0.25) is 4.79 Å². The fourth-order valence-corrected chi connectivity index (χ4v) is 3.32. The fraction of sp³-hybridized carbons (Fsp3) is 0.667. The van der Waals surface area contributed by atoms with Crippen LogP contribution in [0.25, 0.3) is 0 Å². The number of aliphatic carboxylic acids is 1. The molecule has 18 heavy (non-hydrogen) atoms. The molecule has 2 rings (SSSR count). The molecule has 0 aromatic heterocycles. The highest BCUT2D eigenvalue weighted by Crippen LogP contribution is 2.50. The van der Waals surface area contributed by atoms with Crippen LogP contribution < -0.4 is 0 Å². The highest BCUT2D eigenvalue weighted by Gasteiger charge is 2.49. The maximum Gasteiger partial charge on any atom is 0.307 e. The Morgan fingerprint density at radius 2 is 2.00 bits per heavy atom. The molecule has 2 N–H and O–H groups in total. The second-order valence-corrected chi connectivity index (χ2v) is 6.01. The topological polar surface area (TPSA) is 57.5 Å². The van der Waals surface area contributed by atoms with Crippen molar-refractivity contribution in [2.24, 2.45) is 17.3 Å². The van der Waals surface area contributed by atoms with Crippen molar-refractivity contribution in [1.29, 1.82) is 0 Å². The smallest absolute Gasteiger partial charge is 0.307 e. The Balaban J connectivity index is 2.46. The minimum atomic E-state index is -0.735. The van der Waals surface area contributed by atoms with Crippen LogP contribution in [-0.4, -0.2) is 22.3 Å². The number of hydrogen-bond acceptors (Lipinski definition) is 2. The van der Waals surface area contributed by atoms with Crippen LogP contribution in [0.15, 0.2) is 23.3 Å². The normalized spacial score (nSPS) is 40.3. The third-order valence-electron chi connectivity index (χ3n) is 4.92. The second kappa shape index (κ2) is 4.54. The Morgan fingerprint density at radius 1 is 1.33 bits per heavy atom. The number of carbonyl (C=O) groups is 1. The molecule has 0 bridgehead atoms. The molecule has 0 heterocycles. The Bertz CT molecular complexity index is 421. The summed E-state index contributed by atoms with van der Waals surface area (Å²) in [6.07, 6.45) is 5.70. The number of carboxylic acids is 1. The summed E-state index contributed by atoms with van der Waals surface area (Å²) in [4.78, 5) is 11.4. The molecule has 1 saturated carbocycles. The van der Waals surface area contributed by atoms with Gasteiger partial charge in [-0.2, -0.15) is 0 Å². The maximum atomic E-state index is 11.4. The van der Waals surface area contributed by atoms with Crippen LogP contribution in [-0.2, 0) is 4.79 Å². The van der Waals surface area contributed by atoms with Crippen LogP contribution in [0.3, 0.4) is 0 Å². The first-order valence-corrected chi connectivity index (χ1v) is 6.62. The minimum Gasteiger partial charge on any atom is -0.481 e. The van der Waals surface area contributed by atoms with E-state index in [4.69, 9.17) is 0 Å². The van der Waals surface area contributed by atoms with Crippen LogP contribution >= 0.6 is 0 Å². The number of aliphatic hydroxyl groups is 1. The highest BCUT2D eigenvalue weighted by atomic mass is 16.4. The zero-order chi connectivity index (χ0) is 13.5. The van der Waals surface area contributed by atoms with E-state index in [-0.39, 0.29) is 17.3 Å². The molecule has 0 saturated heterocycles. The molecule has 0 spiro atoms. The van der Waals surface area contributed by atoms with Gasteiger partial charge in [0, 0.05) is 5.41 Å². The number of fused-ring (bicyclic) bond motifs is 1. The van der Waals surface area contributed by atoms with Gasteiger partial charge in [-0.1, -0.05) is 30.2 Å². The quantitative estimate of drug-likeness (QED) is 0.752. The van der Waals surface area contributed by atoms with E-state index in [0.29, 0.717) is 12.8 Å². The van der Waals surface area contributed by atoms with E-state index in [9.17, 15) is 15.0 Å². The van der Waals surface area contributed by atoms with Gasteiger partial charge < -0.3 is 10.2 Å². The van der Waals surface area contributed by atoms with Crippen LogP contribution in [0.1, 0.15) is 40.0 Å². The van der Waals surface area contributed by atoms with Gasteiger partial charge in [0.05, 0.1) is 12.0 Å². The van der Waals surface area contributed by atoms with Gasteiger partial charge in [-0.25, -0.2) is 0 Å². The molecule has 0 aromatic carbocycles. The number of allylic oxidation sites excluding steroid dienone is 4. The lowest BCUT2D eigenvalue weighted by molar-refractivity contribution is -0.150. The van der Waals surface area contributed by atoms with E-state index in [1.807, 2.05) is 13.8 Å². The molecule has 4 atom stereocenters. The van der Waals surface area contributed by atoms with E-state index >= 15 is 0 Å². The predicted octanol–water partition coefficient (Wildman–Crippen LogP) is 2.76. The lowest BCUT2D eigenvalue weighted by Gasteiger charge is -2.46. The summed E-state index contributed by atoms with van der Waals surface area (Å²) in [5.41, 5.74) is 1.99. The van der Waals surface area contributed by atoms with Gasteiger partial charge in [0.15, 0.2) is 0 Å². The van der Waals surface area contributed by atoms with E-state index in [1.54, 1.807) is 0 Å². The molecular formula is C15H22O3. The Labute approximate surface area is 108 Å². The van der Waals surface area contributed by atoms with Gasteiger partial charge >= 0.3 is 5.97 Å². The van der Waals surface area contributed by atoms with Gasteiger partial charge in [-0.05, 0) is 39.0 Å². The molecular weight excluding hydrogens is 228 g/mol. The molecule has 2 aliphatic carbocycles.